The highest BCUT2D eigenvalue weighted by molar-refractivity contribution is 6.33. The van der Waals surface area contributed by atoms with Crippen LogP contribution in [0.1, 0.15) is 25.1 Å². The minimum atomic E-state index is -4.44. The molecule has 24 heavy (non-hydrogen) atoms. The molecule has 0 spiro atoms. The summed E-state index contributed by atoms with van der Waals surface area (Å²) in [5, 5.41) is 6.09. The van der Waals surface area contributed by atoms with Crippen LogP contribution in [-0.2, 0) is 6.18 Å². The average Bonchev–Trinajstić information content (AvgIpc) is 2.46. The zero-order chi connectivity index (χ0) is 17.9. The second-order valence-electron chi connectivity index (χ2n) is 5.81. The number of hydrogen-bond donors (Lipinski definition) is 2. The van der Waals surface area contributed by atoms with E-state index in [2.05, 4.69) is 20.6 Å². The summed E-state index contributed by atoms with van der Waals surface area (Å²) in [6, 6.07) is 4.74. The number of benzene rings is 1. The number of anilines is 3. The molecule has 2 aromatic rings. The summed E-state index contributed by atoms with van der Waals surface area (Å²) in [4.78, 5) is 8.51. The molecule has 0 aliphatic rings. The molecule has 0 amide bonds. The standard InChI is InChI=1S/C16H18ClF3N4/c1-9(2)8-21-15-22-10(3)6-14(24-15)23-13-7-11(16(18,19)20)4-5-12(13)17/h4-7,9H,8H2,1-3H3,(H2,21,22,23,24). The van der Waals surface area contributed by atoms with E-state index in [1.54, 1.807) is 13.0 Å². The van der Waals surface area contributed by atoms with Crippen molar-refractivity contribution in [2.45, 2.75) is 26.9 Å². The van der Waals surface area contributed by atoms with Crippen LogP contribution in [0.2, 0.25) is 5.02 Å². The normalized spacial score (nSPS) is 11.7. The predicted molar refractivity (Wildman–Crippen MR) is 89.8 cm³/mol. The fourth-order valence-electron chi connectivity index (χ4n) is 1.94. The molecule has 2 N–H and O–H groups in total. The maximum Gasteiger partial charge on any atom is 0.416 e. The van der Waals surface area contributed by atoms with Crippen molar-refractivity contribution in [3.8, 4) is 0 Å². The van der Waals surface area contributed by atoms with Gasteiger partial charge in [-0.2, -0.15) is 18.2 Å². The average molecular weight is 359 g/mol. The molecule has 0 saturated carbocycles. The Kier molecular flexibility index (Phi) is 5.54. The lowest BCUT2D eigenvalue weighted by molar-refractivity contribution is -0.137. The molecule has 0 unspecified atom stereocenters. The minimum absolute atomic E-state index is 0.138. The third-order valence-electron chi connectivity index (χ3n) is 3.08. The van der Waals surface area contributed by atoms with Gasteiger partial charge in [-0.05, 0) is 31.0 Å². The number of aryl methyl sites for hydroxylation is 1. The fourth-order valence-corrected chi connectivity index (χ4v) is 2.11. The first-order valence-electron chi connectivity index (χ1n) is 7.38. The number of alkyl halides is 3. The maximum absolute atomic E-state index is 12.8. The van der Waals surface area contributed by atoms with Crippen molar-refractivity contribution in [1.29, 1.82) is 0 Å². The van der Waals surface area contributed by atoms with Crippen molar-refractivity contribution in [2.75, 3.05) is 17.2 Å². The molecule has 130 valence electrons. The fraction of sp³-hybridized carbons (Fsp3) is 0.375. The van der Waals surface area contributed by atoms with E-state index in [9.17, 15) is 13.2 Å². The van der Waals surface area contributed by atoms with Gasteiger partial charge in [0.2, 0.25) is 5.95 Å². The molecular formula is C16H18ClF3N4. The lowest BCUT2D eigenvalue weighted by Gasteiger charge is -2.14. The zero-order valence-electron chi connectivity index (χ0n) is 13.5. The summed E-state index contributed by atoms with van der Waals surface area (Å²) in [7, 11) is 0. The molecule has 0 aliphatic carbocycles. The second-order valence-corrected chi connectivity index (χ2v) is 6.22. The van der Waals surface area contributed by atoms with E-state index in [1.807, 2.05) is 13.8 Å². The number of nitrogens with zero attached hydrogens (tertiary/aromatic N) is 2. The monoisotopic (exact) mass is 358 g/mol. The molecule has 1 aromatic heterocycles. The topological polar surface area (TPSA) is 49.8 Å². The van der Waals surface area contributed by atoms with Crippen LogP contribution in [0.4, 0.5) is 30.6 Å². The third-order valence-corrected chi connectivity index (χ3v) is 3.41. The van der Waals surface area contributed by atoms with Gasteiger partial charge in [0.1, 0.15) is 5.82 Å². The maximum atomic E-state index is 12.8. The molecule has 1 heterocycles. The van der Waals surface area contributed by atoms with Gasteiger partial charge in [0, 0.05) is 18.3 Å². The molecule has 2 rings (SSSR count). The number of nitrogens with one attached hydrogen (secondary N) is 2. The predicted octanol–water partition coefficient (Wildman–Crippen LogP) is 5.27. The van der Waals surface area contributed by atoms with E-state index in [1.165, 1.54) is 6.07 Å². The largest absolute Gasteiger partial charge is 0.416 e. The van der Waals surface area contributed by atoms with Crippen LogP contribution in [-0.4, -0.2) is 16.5 Å². The molecule has 0 radical (unpaired) electrons. The SMILES string of the molecule is Cc1cc(Nc2cc(C(F)(F)F)ccc2Cl)nc(NCC(C)C)n1. The van der Waals surface area contributed by atoms with Gasteiger partial charge in [-0.1, -0.05) is 25.4 Å². The molecular weight excluding hydrogens is 341 g/mol. The molecule has 0 aliphatic heterocycles. The third kappa shape index (κ3) is 4.99. The van der Waals surface area contributed by atoms with Gasteiger partial charge in [0.05, 0.1) is 16.3 Å². The van der Waals surface area contributed by atoms with Gasteiger partial charge < -0.3 is 10.6 Å². The second kappa shape index (κ2) is 7.25. The molecule has 4 nitrogen and oxygen atoms in total. The Hall–Kier alpha value is -2.02. The van der Waals surface area contributed by atoms with E-state index in [4.69, 9.17) is 11.6 Å². The van der Waals surface area contributed by atoms with Crippen molar-refractivity contribution in [3.63, 3.8) is 0 Å². The van der Waals surface area contributed by atoms with Crippen molar-refractivity contribution >= 4 is 29.1 Å². The quantitative estimate of drug-likeness (QED) is 0.764. The van der Waals surface area contributed by atoms with E-state index in [-0.39, 0.29) is 10.7 Å². The molecule has 0 atom stereocenters. The van der Waals surface area contributed by atoms with Crippen molar-refractivity contribution in [3.05, 3.63) is 40.5 Å². The van der Waals surface area contributed by atoms with E-state index >= 15 is 0 Å². The van der Waals surface area contributed by atoms with Gasteiger partial charge >= 0.3 is 6.18 Å². The summed E-state index contributed by atoms with van der Waals surface area (Å²) in [6.45, 7) is 6.56. The van der Waals surface area contributed by atoms with Crippen LogP contribution in [0.25, 0.3) is 0 Å². The highest BCUT2D eigenvalue weighted by Gasteiger charge is 2.31. The van der Waals surface area contributed by atoms with Gasteiger partial charge in [0.15, 0.2) is 0 Å². The lowest BCUT2D eigenvalue weighted by atomic mass is 10.2. The number of rotatable bonds is 5. The number of aromatic nitrogens is 2. The first kappa shape index (κ1) is 18.3. The van der Waals surface area contributed by atoms with E-state index < -0.39 is 11.7 Å². The molecule has 0 saturated heterocycles. The van der Waals surface area contributed by atoms with Gasteiger partial charge in [-0.25, -0.2) is 4.98 Å². The molecule has 0 bridgehead atoms. The van der Waals surface area contributed by atoms with Crippen molar-refractivity contribution < 1.29 is 13.2 Å². The smallest absolute Gasteiger partial charge is 0.354 e. The Morgan fingerprint density at radius 3 is 2.50 bits per heavy atom. The molecule has 8 heteroatoms. The summed E-state index contributed by atoms with van der Waals surface area (Å²) in [5.74, 6) is 1.19. The highest BCUT2D eigenvalue weighted by Crippen LogP contribution is 2.34. The lowest BCUT2D eigenvalue weighted by Crippen LogP contribution is -2.12. The summed E-state index contributed by atoms with van der Waals surface area (Å²) < 4.78 is 38.5. The van der Waals surface area contributed by atoms with Gasteiger partial charge in [-0.3, -0.25) is 0 Å². The summed E-state index contributed by atoms with van der Waals surface area (Å²) in [6.07, 6.45) is -4.44. The Balaban J connectivity index is 2.27. The van der Waals surface area contributed by atoms with Crippen LogP contribution >= 0.6 is 11.6 Å². The van der Waals surface area contributed by atoms with Crippen LogP contribution in [0.5, 0.6) is 0 Å². The van der Waals surface area contributed by atoms with Crippen LogP contribution < -0.4 is 10.6 Å². The number of hydrogen-bond acceptors (Lipinski definition) is 4. The summed E-state index contributed by atoms with van der Waals surface area (Å²) >= 11 is 5.99. The summed E-state index contributed by atoms with van der Waals surface area (Å²) in [5.41, 5.74) is 0.0413. The Bertz CT molecular complexity index is 717. The number of halogens is 4. The van der Waals surface area contributed by atoms with E-state index in [0.29, 0.717) is 29.9 Å². The van der Waals surface area contributed by atoms with Crippen LogP contribution in [0, 0.1) is 12.8 Å². The minimum Gasteiger partial charge on any atom is -0.354 e. The van der Waals surface area contributed by atoms with Crippen LogP contribution in [0.15, 0.2) is 24.3 Å². The Morgan fingerprint density at radius 1 is 1.17 bits per heavy atom. The van der Waals surface area contributed by atoms with Gasteiger partial charge in [0.25, 0.3) is 0 Å². The first-order valence-corrected chi connectivity index (χ1v) is 7.76. The zero-order valence-corrected chi connectivity index (χ0v) is 14.3. The highest BCUT2D eigenvalue weighted by atomic mass is 35.5. The Morgan fingerprint density at radius 2 is 1.88 bits per heavy atom. The van der Waals surface area contributed by atoms with Crippen molar-refractivity contribution in [2.24, 2.45) is 5.92 Å². The molecule has 1 aromatic carbocycles. The van der Waals surface area contributed by atoms with Crippen molar-refractivity contribution in [1.82, 2.24) is 9.97 Å². The Labute approximate surface area is 143 Å². The van der Waals surface area contributed by atoms with E-state index in [0.717, 1.165) is 12.1 Å². The molecule has 0 fully saturated rings. The first-order chi connectivity index (χ1) is 11.1. The van der Waals surface area contributed by atoms with Crippen LogP contribution in [0.3, 0.4) is 0 Å². The van der Waals surface area contributed by atoms with Gasteiger partial charge in [-0.15, -0.1) is 0 Å².